The lowest BCUT2D eigenvalue weighted by Crippen LogP contribution is -1.92. The highest BCUT2D eigenvalue weighted by Gasteiger charge is 2.00. The first-order chi connectivity index (χ1) is 6.25. The Morgan fingerprint density at radius 1 is 1.38 bits per heavy atom. The minimum absolute atomic E-state index is 0.739. The van der Waals surface area contributed by atoms with Crippen molar-refractivity contribution < 1.29 is 0 Å². The highest BCUT2D eigenvalue weighted by atomic mass is 15.4. The molecule has 4 nitrogen and oxygen atoms in total. The first kappa shape index (κ1) is 7.79. The third-order valence-electron chi connectivity index (χ3n) is 1.78. The van der Waals surface area contributed by atoms with Crippen LogP contribution in [0.1, 0.15) is 0 Å². The number of nitrogens with zero attached hydrogens (tertiary/aromatic N) is 3. The Bertz CT molecular complexity index is 419. The van der Waals surface area contributed by atoms with Crippen molar-refractivity contribution in [3.63, 3.8) is 0 Å². The van der Waals surface area contributed by atoms with Gasteiger partial charge < -0.3 is 5.73 Å². The van der Waals surface area contributed by atoms with E-state index in [2.05, 4.69) is 10.2 Å². The molecule has 0 bridgehead atoms. The zero-order valence-corrected chi connectivity index (χ0v) is 7.31. The Hall–Kier alpha value is -1.84. The van der Waals surface area contributed by atoms with Crippen molar-refractivity contribution in [1.29, 1.82) is 0 Å². The van der Waals surface area contributed by atoms with Crippen LogP contribution in [-0.4, -0.2) is 15.0 Å². The first-order valence-electron chi connectivity index (χ1n) is 3.98. The fourth-order valence-electron chi connectivity index (χ4n) is 1.18. The van der Waals surface area contributed by atoms with E-state index in [0.717, 1.165) is 16.9 Å². The van der Waals surface area contributed by atoms with Gasteiger partial charge in [-0.2, -0.15) is 15.0 Å². The quantitative estimate of drug-likeness (QED) is 0.658. The topological polar surface area (TPSA) is 56.7 Å². The van der Waals surface area contributed by atoms with Gasteiger partial charge in [-0.25, -0.2) is 0 Å². The largest absolute Gasteiger partial charge is 0.399 e. The molecule has 1 aromatic heterocycles. The van der Waals surface area contributed by atoms with E-state index in [0.29, 0.717) is 0 Å². The SMILES string of the molecule is Cn1ncc(-c2cccc(N)c2)n1. The molecule has 0 atom stereocenters. The predicted molar refractivity (Wildman–Crippen MR) is 50.9 cm³/mol. The summed E-state index contributed by atoms with van der Waals surface area (Å²) in [6.07, 6.45) is 1.72. The van der Waals surface area contributed by atoms with E-state index in [1.807, 2.05) is 24.3 Å². The minimum Gasteiger partial charge on any atom is -0.399 e. The number of aromatic nitrogens is 3. The van der Waals surface area contributed by atoms with E-state index in [1.165, 1.54) is 4.80 Å². The fourth-order valence-corrected chi connectivity index (χ4v) is 1.18. The number of rotatable bonds is 1. The van der Waals surface area contributed by atoms with Crippen molar-refractivity contribution in [2.75, 3.05) is 5.73 Å². The average molecular weight is 174 g/mol. The van der Waals surface area contributed by atoms with Gasteiger partial charge in [0.25, 0.3) is 0 Å². The number of anilines is 1. The van der Waals surface area contributed by atoms with Crippen LogP contribution in [-0.2, 0) is 7.05 Å². The number of benzene rings is 1. The lowest BCUT2D eigenvalue weighted by Gasteiger charge is -1.96. The smallest absolute Gasteiger partial charge is 0.113 e. The summed E-state index contributed by atoms with van der Waals surface area (Å²) in [6, 6.07) is 7.59. The van der Waals surface area contributed by atoms with Crippen LogP contribution in [0.5, 0.6) is 0 Å². The number of hydrogen-bond donors (Lipinski definition) is 1. The summed E-state index contributed by atoms with van der Waals surface area (Å²) >= 11 is 0. The Morgan fingerprint density at radius 3 is 2.85 bits per heavy atom. The first-order valence-corrected chi connectivity index (χ1v) is 3.98. The third kappa shape index (κ3) is 1.51. The van der Waals surface area contributed by atoms with Crippen LogP contribution in [0, 0.1) is 0 Å². The Labute approximate surface area is 76.0 Å². The molecule has 0 fully saturated rings. The molecular formula is C9H10N4. The summed E-state index contributed by atoms with van der Waals surface area (Å²) in [6.45, 7) is 0. The molecule has 0 aliphatic carbocycles. The van der Waals surface area contributed by atoms with Gasteiger partial charge in [0, 0.05) is 18.3 Å². The highest BCUT2D eigenvalue weighted by molar-refractivity contribution is 5.62. The molecule has 0 radical (unpaired) electrons. The zero-order chi connectivity index (χ0) is 9.26. The van der Waals surface area contributed by atoms with Gasteiger partial charge in [0.1, 0.15) is 5.69 Å². The lowest BCUT2D eigenvalue weighted by atomic mass is 10.1. The molecule has 0 aliphatic rings. The number of nitrogen functional groups attached to an aromatic ring is 1. The second-order valence-electron chi connectivity index (χ2n) is 2.84. The second kappa shape index (κ2) is 2.90. The molecule has 4 heteroatoms. The molecule has 0 amide bonds. The Balaban J connectivity index is 2.46. The summed E-state index contributed by atoms with van der Waals surface area (Å²) < 4.78 is 0. The maximum atomic E-state index is 5.65. The van der Waals surface area contributed by atoms with Gasteiger partial charge in [-0.1, -0.05) is 12.1 Å². The van der Waals surface area contributed by atoms with Gasteiger partial charge in [-0.15, -0.1) is 0 Å². The van der Waals surface area contributed by atoms with Crippen molar-refractivity contribution in [3.05, 3.63) is 30.5 Å². The van der Waals surface area contributed by atoms with Crippen LogP contribution in [0.3, 0.4) is 0 Å². The third-order valence-corrected chi connectivity index (χ3v) is 1.78. The van der Waals surface area contributed by atoms with E-state index in [1.54, 1.807) is 13.2 Å². The normalized spacial score (nSPS) is 10.2. The van der Waals surface area contributed by atoms with Crippen molar-refractivity contribution in [2.24, 2.45) is 7.05 Å². The van der Waals surface area contributed by atoms with E-state index in [4.69, 9.17) is 5.73 Å². The summed E-state index contributed by atoms with van der Waals surface area (Å²) in [7, 11) is 1.79. The van der Waals surface area contributed by atoms with Crippen molar-refractivity contribution in [1.82, 2.24) is 15.0 Å². The van der Waals surface area contributed by atoms with Gasteiger partial charge in [-0.3, -0.25) is 0 Å². The maximum Gasteiger partial charge on any atom is 0.113 e. The van der Waals surface area contributed by atoms with Crippen LogP contribution in [0.2, 0.25) is 0 Å². The molecule has 1 aromatic carbocycles. The maximum absolute atomic E-state index is 5.65. The standard InChI is InChI=1S/C9H10N4/c1-13-11-6-9(12-13)7-3-2-4-8(10)5-7/h2-6H,10H2,1H3. The molecule has 2 rings (SSSR count). The molecule has 0 saturated carbocycles. The summed E-state index contributed by atoms with van der Waals surface area (Å²) in [5.74, 6) is 0. The van der Waals surface area contributed by atoms with Crippen molar-refractivity contribution >= 4 is 5.69 Å². The van der Waals surface area contributed by atoms with Crippen LogP contribution in [0.25, 0.3) is 11.3 Å². The molecule has 2 N–H and O–H groups in total. The van der Waals surface area contributed by atoms with Gasteiger partial charge in [-0.05, 0) is 12.1 Å². The molecule has 66 valence electrons. The van der Waals surface area contributed by atoms with Gasteiger partial charge in [0.15, 0.2) is 0 Å². The Kier molecular flexibility index (Phi) is 1.73. The number of hydrogen-bond acceptors (Lipinski definition) is 3. The molecule has 0 spiro atoms. The summed E-state index contributed by atoms with van der Waals surface area (Å²) in [5, 5.41) is 8.16. The fraction of sp³-hybridized carbons (Fsp3) is 0.111. The monoisotopic (exact) mass is 174 g/mol. The molecule has 0 aliphatic heterocycles. The van der Waals surface area contributed by atoms with Gasteiger partial charge >= 0.3 is 0 Å². The average Bonchev–Trinajstić information content (AvgIpc) is 2.52. The zero-order valence-electron chi connectivity index (χ0n) is 7.31. The summed E-state index contributed by atoms with van der Waals surface area (Å²) in [4.78, 5) is 1.53. The minimum atomic E-state index is 0.739. The van der Waals surface area contributed by atoms with Crippen LogP contribution in [0.15, 0.2) is 30.5 Å². The second-order valence-corrected chi connectivity index (χ2v) is 2.84. The van der Waals surface area contributed by atoms with E-state index in [9.17, 15) is 0 Å². The van der Waals surface area contributed by atoms with Gasteiger partial charge in [0.05, 0.1) is 6.20 Å². The van der Waals surface area contributed by atoms with Crippen LogP contribution in [0.4, 0.5) is 5.69 Å². The van der Waals surface area contributed by atoms with Crippen LogP contribution >= 0.6 is 0 Å². The number of nitrogens with two attached hydrogens (primary N) is 1. The van der Waals surface area contributed by atoms with Crippen molar-refractivity contribution in [2.45, 2.75) is 0 Å². The molecule has 1 heterocycles. The molecule has 13 heavy (non-hydrogen) atoms. The number of aryl methyl sites for hydroxylation is 1. The van der Waals surface area contributed by atoms with E-state index >= 15 is 0 Å². The molecule has 0 saturated heterocycles. The molecular weight excluding hydrogens is 164 g/mol. The van der Waals surface area contributed by atoms with Gasteiger partial charge in [0.2, 0.25) is 0 Å². The molecule has 0 unspecified atom stereocenters. The van der Waals surface area contributed by atoms with Crippen LogP contribution < -0.4 is 5.73 Å². The lowest BCUT2D eigenvalue weighted by molar-refractivity contribution is 0.655. The Morgan fingerprint density at radius 2 is 2.23 bits per heavy atom. The van der Waals surface area contributed by atoms with Crippen molar-refractivity contribution in [3.8, 4) is 11.3 Å². The van der Waals surface area contributed by atoms with E-state index < -0.39 is 0 Å². The predicted octanol–water partition coefficient (Wildman–Crippen LogP) is 1.06. The summed E-state index contributed by atoms with van der Waals surface area (Å²) in [5.41, 5.74) is 8.22. The highest BCUT2D eigenvalue weighted by Crippen LogP contribution is 2.17. The van der Waals surface area contributed by atoms with E-state index in [-0.39, 0.29) is 0 Å². The molecule has 2 aromatic rings.